The van der Waals surface area contributed by atoms with Crippen LogP contribution in [0.25, 0.3) is 0 Å². The quantitative estimate of drug-likeness (QED) is 0.533. The van der Waals surface area contributed by atoms with E-state index in [-0.39, 0.29) is 0 Å². The fourth-order valence-corrected chi connectivity index (χ4v) is 3.78. The van der Waals surface area contributed by atoms with Gasteiger partial charge in [0.25, 0.3) is 0 Å². The summed E-state index contributed by atoms with van der Waals surface area (Å²) in [5, 5.41) is 3.40. The Labute approximate surface area is 165 Å². The first-order chi connectivity index (χ1) is 12.6. The summed E-state index contributed by atoms with van der Waals surface area (Å²) < 4.78 is 17.4. The number of hydrogen-bond acceptors (Lipinski definition) is 4. The van der Waals surface area contributed by atoms with Gasteiger partial charge in [0.2, 0.25) is 0 Å². The summed E-state index contributed by atoms with van der Waals surface area (Å²) in [4.78, 5) is 7.14. The van der Waals surface area contributed by atoms with Crippen LogP contribution < -0.4 is 14.8 Å². The maximum Gasteiger partial charge on any atom is 0.194 e. The molecule has 1 N–H and O–H groups in total. The lowest BCUT2D eigenvalue weighted by atomic mass is 10.1. The third-order valence-electron chi connectivity index (χ3n) is 4.38. The second-order valence-electron chi connectivity index (χ2n) is 6.13. The molecule has 6 nitrogen and oxygen atoms in total. The molecule has 1 aromatic rings. The van der Waals surface area contributed by atoms with Gasteiger partial charge in [-0.1, -0.05) is 0 Å². The van der Waals surface area contributed by atoms with E-state index < -0.39 is 0 Å². The molecule has 1 heterocycles. The summed E-state index contributed by atoms with van der Waals surface area (Å²) in [5.74, 6) is 2.35. The topological polar surface area (TPSA) is 55.3 Å². The smallest absolute Gasteiger partial charge is 0.194 e. The monoisotopic (exact) mass is 427 g/mol. The first-order valence-corrected chi connectivity index (χ1v) is 9.97. The van der Waals surface area contributed by atoms with E-state index in [0.717, 1.165) is 55.1 Å². The van der Waals surface area contributed by atoms with Crippen molar-refractivity contribution in [2.45, 2.75) is 39.3 Å². The van der Waals surface area contributed by atoms with Crippen molar-refractivity contribution in [2.24, 2.45) is 4.99 Å². The molecule has 1 aliphatic heterocycles. The van der Waals surface area contributed by atoms with Crippen molar-refractivity contribution in [3.63, 3.8) is 0 Å². The highest BCUT2D eigenvalue weighted by Gasteiger charge is 2.21. The number of guanidine groups is 1. The van der Waals surface area contributed by atoms with Gasteiger partial charge in [0.1, 0.15) is 0 Å². The first kappa shape index (κ1) is 20.8. The number of hydrogen-bond donors (Lipinski definition) is 1. The molecule has 26 heavy (non-hydrogen) atoms. The van der Waals surface area contributed by atoms with Crippen LogP contribution in [0.3, 0.4) is 0 Å². The number of piperidine rings is 1. The van der Waals surface area contributed by atoms with Crippen LogP contribution in [0.1, 0.15) is 32.3 Å². The van der Waals surface area contributed by atoms with E-state index in [2.05, 4.69) is 40.0 Å². The molecular weight excluding hydrogens is 398 g/mol. The van der Waals surface area contributed by atoms with Crippen LogP contribution in [0, 0.1) is 0 Å². The largest absolute Gasteiger partial charge is 0.493 e. The van der Waals surface area contributed by atoms with Crippen molar-refractivity contribution in [3.05, 3.63) is 22.2 Å². The van der Waals surface area contributed by atoms with E-state index in [4.69, 9.17) is 19.2 Å². The van der Waals surface area contributed by atoms with Gasteiger partial charge in [-0.3, -0.25) is 0 Å². The van der Waals surface area contributed by atoms with E-state index in [1.165, 1.54) is 0 Å². The molecule has 0 atom stereocenters. The summed E-state index contributed by atoms with van der Waals surface area (Å²) in [5.41, 5.74) is 1.06. The van der Waals surface area contributed by atoms with E-state index in [1.54, 1.807) is 14.2 Å². The number of methoxy groups -OCH3 is 2. The Morgan fingerprint density at radius 1 is 1.23 bits per heavy atom. The van der Waals surface area contributed by atoms with E-state index in [0.29, 0.717) is 24.1 Å². The number of nitrogens with one attached hydrogen (secondary N) is 1. The zero-order valence-electron chi connectivity index (χ0n) is 16.2. The van der Waals surface area contributed by atoms with Gasteiger partial charge in [-0.25, -0.2) is 4.99 Å². The Bertz CT molecular complexity index is 602. The van der Waals surface area contributed by atoms with Gasteiger partial charge in [-0.05, 0) is 60.3 Å². The predicted octanol–water partition coefficient (Wildman–Crippen LogP) is 3.43. The van der Waals surface area contributed by atoms with Crippen LogP contribution in [0.15, 0.2) is 21.6 Å². The van der Waals surface area contributed by atoms with Gasteiger partial charge < -0.3 is 24.4 Å². The van der Waals surface area contributed by atoms with Crippen molar-refractivity contribution < 1.29 is 14.2 Å². The first-order valence-electron chi connectivity index (χ1n) is 9.18. The summed E-state index contributed by atoms with van der Waals surface area (Å²) >= 11 is 3.54. The number of aliphatic imine (C=N–C) groups is 1. The van der Waals surface area contributed by atoms with Crippen LogP contribution >= 0.6 is 15.9 Å². The lowest BCUT2D eigenvalue weighted by Gasteiger charge is -2.34. The Morgan fingerprint density at radius 3 is 2.54 bits per heavy atom. The second kappa shape index (κ2) is 10.6. The predicted molar refractivity (Wildman–Crippen MR) is 108 cm³/mol. The third-order valence-corrected chi connectivity index (χ3v) is 4.97. The highest BCUT2D eigenvalue weighted by molar-refractivity contribution is 9.10. The van der Waals surface area contributed by atoms with E-state index >= 15 is 0 Å². The Kier molecular flexibility index (Phi) is 8.51. The minimum Gasteiger partial charge on any atom is -0.493 e. The third kappa shape index (κ3) is 5.51. The highest BCUT2D eigenvalue weighted by atomic mass is 79.9. The molecule has 0 saturated carbocycles. The zero-order valence-corrected chi connectivity index (χ0v) is 17.8. The Balaban J connectivity index is 2.09. The van der Waals surface area contributed by atoms with Gasteiger partial charge >= 0.3 is 0 Å². The SMILES string of the molecule is CCNC(=NCc1cc(Br)c(OC)c(OC)c1)N1CCC(OCC)CC1. The van der Waals surface area contributed by atoms with Crippen LogP contribution in [-0.2, 0) is 11.3 Å². The molecule has 1 saturated heterocycles. The molecule has 1 fully saturated rings. The molecule has 0 bridgehead atoms. The average Bonchev–Trinajstić information content (AvgIpc) is 2.65. The summed E-state index contributed by atoms with van der Waals surface area (Å²) in [6.45, 7) is 8.28. The normalized spacial score (nSPS) is 15.9. The number of nitrogens with zero attached hydrogens (tertiary/aromatic N) is 2. The number of likely N-dealkylation sites (tertiary alicyclic amines) is 1. The molecule has 0 aromatic heterocycles. The Morgan fingerprint density at radius 2 is 1.96 bits per heavy atom. The fraction of sp³-hybridized carbons (Fsp3) is 0.632. The molecule has 146 valence electrons. The van der Waals surface area contributed by atoms with E-state index in [9.17, 15) is 0 Å². The summed E-state index contributed by atoms with van der Waals surface area (Å²) in [7, 11) is 3.28. The summed E-state index contributed by atoms with van der Waals surface area (Å²) in [6, 6.07) is 3.99. The fourth-order valence-electron chi connectivity index (χ4n) is 3.12. The van der Waals surface area contributed by atoms with Gasteiger partial charge in [0, 0.05) is 26.2 Å². The molecule has 1 aliphatic rings. The van der Waals surface area contributed by atoms with Crippen LogP contribution in [0.4, 0.5) is 0 Å². The Hall–Kier alpha value is -1.47. The minimum absolute atomic E-state index is 0.376. The van der Waals surface area contributed by atoms with Crippen LogP contribution in [0.5, 0.6) is 11.5 Å². The van der Waals surface area contributed by atoms with Gasteiger partial charge in [-0.2, -0.15) is 0 Å². The lowest BCUT2D eigenvalue weighted by molar-refractivity contribution is 0.0263. The van der Waals surface area contributed by atoms with Crippen molar-refractivity contribution >= 4 is 21.9 Å². The number of halogens is 1. The second-order valence-corrected chi connectivity index (χ2v) is 6.98. The molecule has 7 heteroatoms. The van der Waals surface area contributed by atoms with Crippen molar-refractivity contribution in [2.75, 3.05) is 40.5 Å². The molecule has 1 aromatic carbocycles. The average molecular weight is 428 g/mol. The molecule has 0 radical (unpaired) electrons. The molecule has 0 unspecified atom stereocenters. The van der Waals surface area contributed by atoms with Crippen LogP contribution in [0.2, 0.25) is 0 Å². The molecular formula is C19H30BrN3O3. The van der Waals surface area contributed by atoms with Gasteiger partial charge in [0.05, 0.1) is 31.3 Å². The lowest BCUT2D eigenvalue weighted by Crippen LogP contribution is -2.47. The number of rotatable bonds is 7. The maximum atomic E-state index is 5.74. The number of ether oxygens (including phenoxy) is 3. The molecule has 0 spiro atoms. The van der Waals surface area contributed by atoms with Gasteiger partial charge in [0.15, 0.2) is 17.5 Å². The molecule has 0 aliphatic carbocycles. The minimum atomic E-state index is 0.376. The molecule has 2 rings (SSSR count). The van der Waals surface area contributed by atoms with Crippen molar-refractivity contribution in [1.29, 1.82) is 0 Å². The highest BCUT2D eigenvalue weighted by Crippen LogP contribution is 2.36. The molecule has 0 amide bonds. The standard InChI is InChI=1S/C19H30BrN3O3/c1-5-21-19(23-9-7-15(8-10-23)26-6-2)22-13-14-11-16(20)18(25-4)17(12-14)24-3/h11-12,15H,5-10,13H2,1-4H3,(H,21,22). The van der Waals surface area contributed by atoms with E-state index in [1.807, 2.05) is 12.1 Å². The van der Waals surface area contributed by atoms with Gasteiger partial charge in [-0.15, -0.1) is 0 Å². The zero-order chi connectivity index (χ0) is 18.9. The number of benzene rings is 1. The summed E-state index contributed by atoms with van der Waals surface area (Å²) in [6.07, 6.45) is 2.46. The van der Waals surface area contributed by atoms with Crippen molar-refractivity contribution in [1.82, 2.24) is 10.2 Å². The van der Waals surface area contributed by atoms with Crippen LogP contribution in [-0.4, -0.2) is 57.4 Å². The van der Waals surface area contributed by atoms with Crippen molar-refractivity contribution in [3.8, 4) is 11.5 Å². The maximum absolute atomic E-state index is 5.74.